The number of aromatic nitrogens is 1. The maximum Gasteiger partial charge on any atom is 0.338 e. The number of nitrogens with zero attached hydrogens (tertiary/aromatic N) is 2. The van der Waals surface area contributed by atoms with Gasteiger partial charge in [0.2, 0.25) is 0 Å². The van der Waals surface area contributed by atoms with Gasteiger partial charge >= 0.3 is 5.97 Å². The molecule has 0 unspecified atom stereocenters. The molecule has 0 bridgehead atoms. The van der Waals surface area contributed by atoms with Crippen LogP contribution in [0.4, 0.5) is 0 Å². The standard InChI is InChI=1S/C31H30N2O6S/c1-5-9-21-27(30(36)39-6-2)28(26-20-11-8-7-10-19(20)13-15-23(26)37-3)33-29(35)25(40-31(33)32-21)17-18-12-14-22(34)24(16-18)38-4/h7-8,10-17,28,34H,5-6,9H2,1-4H3/t28-/m1/s1. The zero-order valence-electron chi connectivity index (χ0n) is 22.8. The highest BCUT2D eigenvalue weighted by Crippen LogP contribution is 2.41. The van der Waals surface area contributed by atoms with Crippen LogP contribution in [-0.2, 0) is 9.53 Å². The Bertz CT molecular complexity index is 1820. The number of rotatable bonds is 8. The lowest BCUT2D eigenvalue weighted by Crippen LogP contribution is -2.40. The zero-order chi connectivity index (χ0) is 28.4. The zero-order valence-corrected chi connectivity index (χ0v) is 23.6. The maximum absolute atomic E-state index is 14.1. The summed E-state index contributed by atoms with van der Waals surface area (Å²) >= 11 is 1.25. The molecule has 5 rings (SSSR count). The number of esters is 1. The molecule has 3 aromatic carbocycles. The number of methoxy groups -OCH3 is 2. The molecule has 0 saturated carbocycles. The Balaban J connectivity index is 1.86. The lowest BCUT2D eigenvalue weighted by Gasteiger charge is -2.28. The van der Waals surface area contributed by atoms with Crippen molar-refractivity contribution in [2.75, 3.05) is 20.8 Å². The smallest absolute Gasteiger partial charge is 0.338 e. The molecule has 1 atom stereocenters. The largest absolute Gasteiger partial charge is 0.504 e. The van der Waals surface area contributed by atoms with Crippen molar-refractivity contribution >= 4 is 34.2 Å². The molecule has 206 valence electrons. The summed E-state index contributed by atoms with van der Waals surface area (Å²) < 4.78 is 18.6. The summed E-state index contributed by atoms with van der Waals surface area (Å²) in [6.45, 7) is 3.97. The van der Waals surface area contributed by atoms with Crippen LogP contribution in [0.1, 0.15) is 43.9 Å². The van der Waals surface area contributed by atoms with Gasteiger partial charge in [-0.2, -0.15) is 0 Å². The number of aromatic hydroxyl groups is 1. The van der Waals surface area contributed by atoms with E-state index >= 15 is 0 Å². The SMILES string of the molecule is CCCC1=C(C(=O)OCC)[C@@H](c2c(OC)ccc3ccccc23)n2c(sc(=Cc3ccc(O)c(OC)c3)c2=O)=N1. The van der Waals surface area contributed by atoms with Gasteiger partial charge in [0.15, 0.2) is 16.3 Å². The first kappa shape index (κ1) is 27.2. The molecular formula is C31H30N2O6S. The number of hydrogen-bond acceptors (Lipinski definition) is 8. The van der Waals surface area contributed by atoms with Crippen LogP contribution < -0.4 is 24.4 Å². The molecule has 1 aliphatic heterocycles. The van der Waals surface area contributed by atoms with Crippen LogP contribution in [0.5, 0.6) is 17.2 Å². The van der Waals surface area contributed by atoms with Crippen molar-refractivity contribution in [2.24, 2.45) is 4.99 Å². The Labute approximate surface area is 235 Å². The molecule has 0 saturated heterocycles. The van der Waals surface area contributed by atoms with Crippen LogP contribution in [-0.4, -0.2) is 36.5 Å². The van der Waals surface area contributed by atoms with E-state index in [-0.39, 0.29) is 17.9 Å². The predicted molar refractivity (Wildman–Crippen MR) is 155 cm³/mol. The molecule has 0 aliphatic carbocycles. The lowest BCUT2D eigenvalue weighted by molar-refractivity contribution is -0.139. The average Bonchev–Trinajstić information content (AvgIpc) is 3.27. The van der Waals surface area contributed by atoms with Crippen molar-refractivity contribution in [3.05, 3.63) is 96.7 Å². The Hall–Kier alpha value is -4.37. The number of hydrogen-bond donors (Lipinski definition) is 1. The first-order chi connectivity index (χ1) is 19.4. The van der Waals surface area contributed by atoms with E-state index in [2.05, 4.69) is 0 Å². The number of fused-ring (bicyclic) bond motifs is 2. The molecule has 1 N–H and O–H groups in total. The third-order valence-corrected chi connectivity index (χ3v) is 7.80. The predicted octanol–water partition coefficient (Wildman–Crippen LogP) is 4.45. The van der Waals surface area contributed by atoms with E-state index in [9.17, 15) is 14.7 Å². The van der Waals surface area contributed by atoms with Crippen molar-refractivity contribution in [3.8, 4) is 17.2 Å². The Kier molecular flexibility index (Phi) is 7.75. The van der Waals surface area contributed by atoms with E-state index in [1.165, 1.54) is 24.5 Å². The number of benzene rings is 3. The summed E-state index contributed by atoms with van der Waals surface area (Å²) in [5.74, 6) is 0.357. The highest BCUT2D eigenvalue weighted by atomic mass is 32.1. The number of thiazole rings is 1. The number of carbonyl (C=O) groups excluding carboxylic acids is 1. The first-order valence-corrected chi connectivity index (χ1v) is 13.9. The van der Waals surface area contributed by atoms with Gasteiger partial charge in [0, 0.05) is 5.56 Å². The third kappa shape index (κ3) is 4.77. The molecule has 8 nitrogen and oxygen atoms in total. The van der Waals surface area contributed by atoms with Crippen molar-refractivity contribution in [1.29, 1.82) is 0 Å². The molecule has 0 spiro atoms. The van der Waals surface area contributed by atoms with Gasteiger partial charge in [0.1, 0.15) is 11.8 Å². The molecule has 40 heavy (non-hydrogen) atoms. The number of carbonyl (C=O) groups is 1. The minimum atomic E-state index is -0.811. The summed E-state index contributed by atoms with van der Waals surface area (Å²) in [6.07, 6.45) is 3.03. The fraction of sp³-hybridized carbons (Fsp3) is 0.258. The normalized spacial score (nSPS) is 15.1. The van der Waals surface area contributed by atoms with Gasteiger partial charge in [-0.25, -0.2) is 9.79 Å². The van der Waals surface area contributed by atoms with E-state index in [0.29, 0.717) is 49.7 Å². The number of allylic oxidation sites excluding steroid dienone is 1. The molecule has 9 heteroatoms. The van der Waals surface area contributed by atoms with E-state index in [1.807, 2.05) is 43.3 Å². The summed E-state index contributed by atoms with van der Waals surface area (Å²) in [5.41, 5.74) is 2.01. The maximum atomic E-state index is 14.1. The molecule has 1 aliphatic rings. The Morgan fingerprint density at radius 3 is 2.58 bits per heavy atom. The minimum Gasteiger partial charge on any atom is -0.504 e. The van der Waals surface area contributed by atoms with E-state index in [4.69, 9.17) is 19.2 Å². The summed E-state index contributed by atoms with van der Waals surface area (Å²) in [7, 11) is 3.05. The minimum absolute atomic E-state index is 0.00689. The van der Waals surface area contributed by atoms with Crippen LogP contribution >= 0.6 is 11.3 Å². The molecule has 1 aromatic heterocycles. The second-order valence-corrected chi connectivity index (χ2v) is 10.3. The van der Waals surface area contributed by atoms with E-state index in [0.717, 1.165) is 17.2 Å². The van der Waals surface area contributed by atoms with Crippen LogP contribution in [0, 0.1) is 0 Å². The van der Waals surface area contributed by atoms with E-state index in [1.54, 1.807) is 36.8 Å². The van der Waals surface area contributed by atoms with Gasteiger partial charge in [0.05, 0.1) is 36.6 Å². The molecule has 0 radical (unpaired) electrons. The second kappa shape index (κ2) is 11.4. The van der Waals surface area contributed by atoms with Gasteiger partial charge in [-0.1, -0.05) is 61.1 Å². The average molecular weight is 559 g/mol. The van der Waals surface area contributed by atoms with Crippen molar-refractivity contribution in [1.82, 2.24) is 4.57 Å². The van der Waals surface area contributed by atoms with Gasteiger partial charge in [0.25, 0.3) is 5.56 Å². The molecule has 4 aromatic rings. The highest BCUT2D eigenvalue weighted by Gasteiger charge is 2.37. The summed E-state index contributed by atoms with van der Waals surface area (Å²) in [5, 5.41) is 11.8. The van der Waals surface area contributed by atoms with Crippen LogP contribution in [0.3, 0.4) is 0 Å². The van der Waals surface area contributed by atoms with Crippen LogP contribution in [0.2, 0.25) is 0 Å². The van der Waals surface area contributed by atoms with Gasteiger partial charge in [-0.15, -0.1) is 0 Å². The van der Waals surface area contributed by atoms with Gasteiger partial charge in [-0.05, 0) is 54.0 Å². The van der Waals surface area contributed by atoms with Crippen molar-refractivity contribution in [2.45, 2.75) is 32.7 Å². The highest BCUT2D eigenvalue weighted by molar-refractivity contribution is 7.07. The molecule has 0 amide bonds. The van der Waals surface area contributed by atoms with Crippen LogP contribution in [0.25, 0.3) is 16.8 Å². The second-order valence-electron chi connectivity index (χ2n) is 9.25. The summed E-state index contributed by atoms with van der Waals surface area (Å²) in [4.78, 5) is 33.0. The Morgan fingerprint density at radius 1 is 1.07 bits per heavy atom. The lowest BCUT2D eigenvalue weighted by atomic mass is 9.90. The quantitative estimate of drug-likeness (QED) is 0.321. The topological polar surface area (TPSA) is 99.4 Å². The van der Waals surface area contributed by atoms with Crippen LogP contribution in [0.15, 0.2) is 75.7 Å². The monoisotopic (exact) mass is 558 g/mol. The number of ether oxygens (including phenoxy) is 3. The van der Waals surface area contributed by atoms with Crippen molar-refractivity contribution < 1.29 is 24.1 Å². The fourth-order valence-electron chi connectivity index (χ4n) is 5.07. The number of phenolic OH excluding ortho intramolecular Hbond substituents is 1. The molecule has 0 fully saturated rings. The third-order valence-electron chi connectivity index (χ3n) is 6.82. The number of phenols is 1. The van der Waals surface area contributed by atoms with Gasteiger partial charge < -0.3 is 19.3 Å². The van der Waals surface area contributed by atoms with Gasteiger partial charge in [-0.3, -0.25) is 9.36 Å². The first-order valence-electron chi connectivity index (χ1n) is 13.1. The fourth-order valence-corrected chi connectivity index (χ4v) is 6.08. The van der Waals surface area contributed by atoms with Crippen molar-refractivity contribution in [3.63, 3.8) is 0 Å². The summed E-state index contributed by atoms with van der Waals surface area (Å²) in [6, 6.07) is 15.7. The molecule has 2 heterocycles. The Morgan fingerprint density at radius 2 is 1.85 bits per heavy atom. The molecular weight excluding hydrogens is 528 g/mol. The van der Waals surface area contributed by atoms with E-state index < -0.39 is 12.0 Å².